The predicted molar refractivity (Wildman–Crippen MR) is 126 cm³/mol. The summed E-state index contributed by atoms with van der Waals surface area (Å²) in [6.45, 7) is 11.4. The number of hydrogen-bond donors (Lipinski definition) is 0. The van der Waals surface area contributed by atoms with E-state index >= 15 is 0 Å². The first-order valence-electron chi connectivity index (χ1n) is 11.5. The Kier molecular flexibility index (Phi) is 6.86. The zero-order valence-corrected chi connectivity index (χ0v) is 19.6. The molecule has 0 bridgehead atoms. The molecule has 3 aromatic rings. The number of rotatable bonds is 8. The first-order valence-corrected chi connectivity index (χ1v) is 11.5. The van der Waals surface area contributed by atoms with E-state index < -0.39 is 0 Å². The van der Waals surface area contributed by atoms with Gasteiger partial charge in [-0.2, -0.15) is 0 Å². The van der Waals surface area contributed by atoms with Crippen LogP contribution in [0.4, 0.5) is 0 Å². The second kappa shape index (κ2) is 9.79. The Hall–Kier alpha value is -2.77. The number of para-hydroxylation sites is 1. The number of hydrogen-bond acceptors (Lipinski definition) is 6. The molecule has 2 heterocycles. The van der Waals surface area contributed by atoms with Crippen molar-refractivity contribution in [2.75, 3.05) is 33.3 Å². The minimum atomic E-state index is -0.172. The minimum absolute atomic E-state index is 0.0640. The van der Waals surface area contributed by atoms with Gasteiger partial charge in [0.25, 0.3) is 0 Å². The van der Waals surface area contributed by atoms with Gasteiger partial charge >= 0.3 is 0 Å². The summed E-state index contributed by atoms with van der Waals surface area (Å²) in [7, 11) is 1.73. The predicted octanol–water partition coefficient (Wildman–Crippen LogP) is 3.73. The van der Waals surface area contributed by atoms with Gasteiger partial charge in [-0.25, -0.2) is 4.68 Å². The number of ether oxygens (including phenoxy) is 1. The van der Waals surface area contributed by atoms with Gasteiger partial charge in [0.05, 0.1) is 12.6 Å². The van der Waals surface area contributed by atoms with Crippen molar-refractivity contribution in [1.82, 2.24) is 30.0 Å². The lowest BCUT2D eigenvalue weighted by atomic mass is 9.98. The lowest BCUT2D eigenvalue weighted by Gasteiger charge is -2.40. The van der Waals surface area contributed by atoms with Crippen LogP contribution in [0.1, 0.15) is 50.2 Å². The molecule has 0 spiro atoms. The molecule has 0 radical (unpaired) electrons. The normalized spacial score (nSPS) is 16.8. The summed E-state index contributed by atoms with van der Waals surface area (Å²) < 4.78 is 7.75. The Labute approximate surface area is 191 Å². The number of aromatic nitrogens is 4. The molecule has 1 aliphatic rings. The molecule has 0 saturated carbocycles. The van der Waals surface area contributed by atoms with Gasteiger partial charge in [0.1, 0.15) is 11.8 Å². The minimum Gasteiger partial charge on any atom is -0.496 e. The van der Waals surface area contributed by atoms with Crippen molar-refractivity contribution in [3.8, 4) is 5.75 Å². The highest BCUT2D eigenvalue weighted by Gasteiger charge is 2.35. The van der Waals surface area contributed by atoms with E-state index in [1.54, 1.807) is 7.11 Å². The number of benzene rings is 2. The third kappa shape index (κ3) is 4.69. The summed E-state index contributed by atoms with van der Waals surface area (Å²) >= 11 is 0. The average Bonchev–Trinajstić information content (AvgIpc) is 3.32. The van der Waals surface area contributed by atoms with Gasteiger partial charge in [-0.1, -0.05) is 55.5 Å². The van der Waals surface area contributed by atoms with Gasteiger partial charge in [0.15, 0.2) is 5.82 Å². The van der Waals surface area contributed by atoms with Crippen LogP contribution in [0.25, 0.3) is 0 Å². The molecular formula is C25H34N6O. The van der Waals surface area contributed by atoms with Crippen LogP contribution < -0.4 is 4.74 Å². The van der Waals surface area contributed by atoms with E-state index in [9.17, 15) is 0 Å². The largest absolute Gasteiger partial charge is 0.496 e. The number of piperazine rings is 1. The van der Waals surface area contributed by atoms with E-state index in [2.05, 4.69) is 88.6 Å². The topological polar surface area (TPSA) is 59.3 Å². The van der Waals surface area contributed by atoms with Crippen molar-refractivity contribution < 1.29 is 4.74 Å². The standard InChI is InChI=1S/C25H34N6O/c1-5-25(2,3)31-24(26-27-28-31)23(21-13-9-10-14-22(21)32-4)30-17-15-29(16-18-30)19-20-11-7-6-8-12-20/h6-14,23H,5,15-19H2,1-4H3. The Morgan fingerprint density at radius 3 is 2.34 bits per heavy atom. The fourth-order valence-corrected chi connectivity index (χ4v) is 4.36. The molecule has 1 aromatic heterocycles. The van der Waals surface area contributed by atoms with Crippen LogP contribution in [-0.2, 0) is 12.1 Å². The second-order valence-electron chi connectivity index (χ2n) is 9.06. The zero-order valence-electron chi connectivity index (χ0n) is 19.6. The molecule has 1 aliphatic heterocycles. The van der Waals surface area contributed by atoms with Crippen molar-refractivity contribution in [1.29, 1.82) is 0 Å². The third-order valence-electron chi connectivity index (χ3n) is 6.63. The molecular weight excluding hydrogens is 400 g/mol. The maximum absolute atomic E-state index is 5.75. The molecule has 32 heavy (non-hydrogen) atoms. The van der Waals surface area contributed by atoms with Gasteiger partial charge in [-0.05, 0) is 42.3 Å². The number of nitrogens with zero attached hydrogens (tertiary/aromatic N) is 6. The molecule has 7 nitrogen and oxygen atoms in total. The molecule has 1 unspecified atom stereocenters. The maximum atomic E-state index is 5.75. The molecule has 1 atom stereocenters. The average molecular weight is 435 g/mol. The molecule has 0 N–H and O–H groups in total. The van der Waals surface area contributed by atoms with Crippen LogP contribution >= 0.6 is 0 Å². The van der Waals surface area contributed by atoms with Gasteiger partial charge in [-0.3, -0.25) is 9.80 Å². The second-order valence-corrected chi connectivity index (χ2v) is 9.06. The van der Waals surface area contributed by atoms with Crippen LogP contribution in [-0.4, -0.2) is 63.3 Å². The van der Waals surface area contributed by atoms with Crippen LogP contribution in [0.15, 0.2) is 54.6 Å². The van der Waals surface area contributed by atoms with Crippen LogP contribution in [0.5, 0.6) is 5.75 Å². The van der Waals surface area contributed by atoms with Crippen molar-refractivity contribution in [3.63, 3.8) is 0 Å². The summed E-state index contributed by atoms with van der Waals surface area (Å²) in [6.07, 6.45) is 0.939. The van der Waals surface area contributed by atoms with Crippen molar-refractivity contribution in [2.24, 2.45) is 0 Å². The van der Waals surface area contributed by atoms with Crippen LogP contribution in [0.2, 0.25) is 0 Å². The Balaban J connectivity index is 1.63. The monoisotopic (exact) mass is 434 g/mol. The number of methoxy groups -OCH3 is 1. The fourth-order valence-electron chi connectivity index (χ4n) is 4.36. The van der Waals surface area contributed by atoms with Crippen molar-refractivity contribution >= 4 is 0 Å². The lowest BCUT2D eigenvalue weighted by molar-refractivity contribution is 0.0963. The molecule has 0 amide bonds. The Morgan fingerprint density at radius 2 is 1.66 bits per heavy atom. The fraction of sp³-hybridized carbons (Fsp3) is 0.480. The Morgan fingerprint density at radius 1 is 0.969 bits per heavy atom. The van der Waals surface area contributed by atoms with E-state index in [0.717, 1.165) is 56.3 Å². The highest BCUT2D eigenvalue weighted by Crippen LogP contribution is 2.36. The van der Waals surface area contributed by atoms with Crippen molar-refractivity contribution in [3.05, 3.63) is 71.5 Å². The Bertz CT molecular complexity index is 994. The molecule has 4 rings (SSSR count). The van der Waals surface area contributed by atoms with Gasteiger partial charge < -0.3 is 4.74 Å². The zero-order chi connectivity index (χ0) is 22.6. The highest BCUT2D eigenvalue weighted by molar-refractivity contribution is 5.39. The molecule has 1 saturated heterocycles. The molecule has 1 fully saturated rings. The summed E-state index contributed by atoms with van der Waals surface area (Å²) in [5.74, 6) is 1.74. The SMILES string of the molecule is CCC(C)(C)n1nnnc1C(c1ccccc1OC)N1CCN(Cc2ccccc2)CC1. The van der Waals surface area contributed by atoms with E-state index in [0.29, 0.717) is 0 Å². The summed E-state index contributed by atoms with van der Waals surface area (Å²) in [5, 5.41) is 13.0. The lowest BCUT2D eigenvalue weighted by Crippen LogP contribution is -2.48. The van der Waals surface area contributed by atoms with E-state index in [-0.39, 0.29) is 11.6 Å². The van der Waals surface area contributed by atoms with Gasteiger partial charge in [-0.15, -0.1) is 5.10 Å². The van der Waals surface area contributed by atoms with Gasteiger partial charge in [0.2, 0.25) is 0 Å². The van der Waals surface area contributed by atoms with E-state index in [1.807, 2.05) is 16.8 Å². The molecule has 7 heteroatoms. The first-order chi connectivity index (χ1) is 15.5. The van der Waals surface area contributed by atoms with Crippen LogP contribution in [0.3, 0.4) is 0 Å². The van der Waals surface area contributed by atoms with Crippen molar-refractivity contribution in [2.45, 2.75) is 45.3 Å². The van der Waals surface area contributed by atoms with Crippen LogP contribution in [0, 0.1) is 0 Å². The molecule has 2 aromatic carbocycles. The van der Waals surface area contributed by atoms with E-state index in [4.69, 9.17) is 4.74 Å². The summed E-state index contributed by atoms with van der Waals surface area (Å²) in [5.41, 5.74) is 2.29. The van der Waals surface area contributed by atoms with Gasteiger partial charge in [0, 0.05) is 38.3 Å². The summed E-state index contributed by atoms with van der Waals surface area (Å²) in [6, 6.07) is 18.9. The maximum Gasteiger partial charge on any atom is 0.173 e. The smallest absolute Gasteiger partial charge is 0.173 e. The van der Waals surface area contributed by atoms with E-state index in [1.165, 1.54) is 5.56 Å². The first kappa shape index (κ1) is 22.4. The number of tetrazole rings is 1. The highest BCUT2D eigenvalue weighted by atomic mass is 16.5. The summed E-state index contributed by atoms with van der Waals surface area (Å²) in [4.78, 5) is 5.01. The molecule has 0 aliphatic carbocycles. The molecule has 170 valence electrons. The third-order valence-corrected chi connectivity index (χ3v) is 6.63. The quantitative estimate of drug-likeness (QED) is 0.538.